The molecule has 0 aliphatic rings. The number of aromatic nitrogens is 1. The molecule has 0 spiro atoms. The van der Waals surface area contributed by atoms with Crippen LogP contribution in [0.4, 0.5) is 5.69 Å². The largest absolute Gasteiger partial charge is 0.380 e. The SMILES string of the molecule is COCc1ccc(CNC(=O)c2cc3cccc([N+](=O)[O-])c3[nH]2)cc1. The summed E-state index contributed by atoms with van der Waals surface area (Å²) in [7, 11) is 1.64. The van der Waals surface area contributed by atoms with Gasteiger partial charge in [0.15, 0.2) is 0 Å². The fraction of sp³-hybridized carbons (Fsp3) is 0.167. The van der Waals surface area contributed by atoms with Gasteiger partial charge in [-0.2, -0.15) is 0 Å². The van der Waals surface area contributed by atoms with Crippen LogP contribution in [0.15, 0.2) is 48.5 Å². The third-order valence-electron chi connectivity index (χ3n) is 3.86. The maximum Gasteiger partial charge on any atom is 0.293 e. The van der Waals surface area contributed by atoms with Crippen LogP contribution in [0.3, 0.4) is 0 Å². The first-order valence-electron chi connectivity index (χ1n) is 7.69. The Morgan fingerprint density at radius 1 is 1.20 bits per heavy atom. The Morgan fingerprint density at radius 3 is 2.60 bits per heavy atom. The first-order chi connectivity index (χ1) is 12.1. The fourth-order valence-electron chi connectivity index (χ4n) is 2.61. The zero-order valence-electron chi connectivity index (χ0n) is 13.6. The second-order valence-electron chi connectivity index (χ2n) is 5.61. The van der Waals surface area contributed by atoms with E-state index < -0.39 is 4.92 Å². The Hall–Kier alpha value is -3.19. The van der Waals surface area contributed by atoms with E-state index in [0.717, 1.165) is 11.1 Å². The molecule has 0 saturated heterocycles. The lowest BCUT2D eigenvalue weighted by molar-refractivity contribution is -0.383. The number of rotatable bonds is 6. The Labute approximate surface area is 143 Å². The highest BCUT2D eigenvalue weighted by Crippen LogP contribution is 2.25. The second kappa shape index (κ2) is 7.14. The Balaban J connectivity index is 1.72. The average molecular weight is 339 g/mol. The van der Waals surface area contributed by atoms with Gasteiger partial charge in [-0.1, -0.05) is 36.4 Å². The Bertz CT molecular complexity index is 916. The molecule has 128 valence electrons. The lowest BCUT2D eigenvalue weighted by Crippen LogP contribution is -2.23. The third-order valence-corrected chi connectivity index (χ3v) is 3.86. The zero-order valence-corrected chi connectivity index (χ0v) is 13.6. The first kappa shape index (κ1) is 16.7. The van der Waals surface area contributed by atoms with Gasteiger partial charge in [0.1, 0.15) is 11.2 Å². The standard InChI is InChI=1S/C18H17N3O4/c1-25-11-13-7-5-12(6-8-13)10-19-18(22)15-9-14-3-2-4-16(21(23)24)17(14)20-15/h2-9,20H,10-11H2,1H3,(H,19,22). The summed E-state index contributed by atoms with van der Waals surface area (Å²) in [6.45, 7) is 0.907. The van der Waals surface area contributed by atoms with Crippen molar-refractivity contribution in [2.24, 2.45) is 0 Å². The predicted molar refractivity (Wildman–Crippen MR) is 93.3 cm³/mol. The predicted octanol–water partition coefficient (Wildman–Crippen LogP) is 3.15. The van der Waals surface area contributed by atoms with Gasteiger partial charge in [0.25, 0.3) is 11.6 Å². The molecule has 2 N–H and O–H groups in total. The summed E-state index contributed by atoms with van der Waals surface area (Å²) in [6, 6.07) is 14.1. The summed E-state index contributed by atoms with van der Waals surface area (Å²) in [5, 5.41) is 14.5. The number of benzene rings is 2. The van der Waals surface area contributed by atoms with Crippen molar-refractivity contribution in [3.05, 3.63) is 75.5 Å². The lowest BCUT2D eigenvalue weighted by Gasteiger charge is -2.05. The summed E-state index contributed by atoms with van der Waals surface area (Å²) in [5.41, 5.74) is 2.60. The molecule has 1 aromatic heterocycles. The van der Waals surface area contributed by atoms with E-state index in [1.807, 2.05) is 24.3 Å². The topological polar surface area (TPSA) is 97.3 Å². The molecule has 3 aromatic rings. The van der Waals surface area contributed by atoms with Crippen molar-refractivity contribution >= 4 is 22.5 Å². The van der Waals surface area contributed by atoms with E-state index in [9.17, 15) is 14.9 Å². The van der Waals surface area contributed by atoms with Gasteiger partial charge in [-0.3, -0.25) is 14.9 Å². The van der Waals surface area contributed by atoms with Crippen LogP contribution in [0, 0.1) is 10.1 Å². The monoisotopic (exact) mass is 339 g/mol. The summed E-state index contributed by atoms with van der Waals surface area (Å²) in [4.78, 5) is 25.7. The molecule has 0 fully saturated rings. The molecular weight excluding hydrogens is 322 g/mol. The van der Waals surface area contributed by atoms with Gasteiger partial charge in [0, 0.05) is 25.1 Å². The number of aromatic amines is 1. The highest BCUT2D eigenvalue weighted by molar-refractivity contribution is 6.00. The maximum absolute atomic E-state index is 12.3. The average Bonchev–Trinajstić information content (AvgIpc) is 3.05. The molecule has 0 atom stereocenters. The summed E-state index contributed by atoms with van der Waals surface area (Å²) < 4.78 is 5.06. The number of hydrogen-bond acceptors (Lipinski definition) is 4. The van der Waals surface area contributed by atoms with E-state index in [1.165, 1.54) is 6.07 Å². The van der Waals surface area contributed by atoms with Crippen LogP contribution in [-0.4, -0.2) is 22.9 Å². The number of H-pyrrole nitrogens is 1. The molecule has 3 rings (SSSR count). The minimum atomic E-state index is -0.470. The van der Waals surface area contributed by atoms with Crippen molar-refractivity contribution in [2.75, 3.05) is 7.11 Å². The van der Waals surface area contributed by atoms with Crippen LogP contribution in [0.2, 0.25) is 0 Å². The number of ether oxygens (including phenoxy) is 1. The van der Waals surface area contributed by atoms with E-state index in [2.05, 4.69) is 10.3 Å². The van der Waals surface area contributed by atoms with Crippen LogP contribution in [-0.2, 0) is 17.9 Å². The molecule has 0 aliphatic carbocycles. The number of nitro groups is 1. The van der Waals surface area contributed by atoms with Crippen molar-refractivity contribution in [2.45, 2.75) is 13.2 Å². The van der Waals surface area contributed by atoms with Crippen molar-refractivity contribution in [3.8, 4) is 0 Å². The number of nitrogens with one attached hydrogen (secondary N) is 2. The number of hydrogen-bond donors (Lipinski definition) is 2. The Kier molecular flexibility index (Phi) is 4.76. The highest BCUT2D eigenvalue weighted by atomic mass is 16.6. The number of amides is 1. The van der Waals surface area contributed by atoms with Crippen LogP contribution < -0.4 is 5.32 Å². The van der Waals surface area contributed by atoms with Crippen LogP contribution in [0.25, 0.3) is 10.9 Å². The van der Waals surface area contributed by atoms with Gasteiger partial charge >= 0.3 is 0 Å². The molecule has 25 heavy (non-hydrogen) atoms. The highest BCUT2D eigenvalue weighted by Gasteiger charge is 2.16. The number of methoxy groups -OCH3 is 1. The molecule has 0 unspecified atom stereocenters. The van der Waals surface area contributed by atoms with Crippen molar-refractivity contribution in [1.29, 1.82) is 0 Å². The van der Waals surface area contributed by atoms with Gasteiger partial charge in [-0.25, -0.2) is 0 Å². The van der Waals surface area contributed by atoms with Gasteiger partial charge in [-0.15, -0.1) is 0 Å². The number of non-ortho nitro benzene ring substituents is 1. The first-order valence-corrected chi connectivity index (χ1v) is 7.69. The smallest absolute Gasteiger partial charge is 0.293 e. The quantitative estimate of drug-likeness (QED) is 0.532. The van der Waals surface area contributed by atoms with E-state index in [0.29, 0.717) is 29.7 Å². The third kappa shape index (κ3) is 3.67. The number of carbonyl (C=O) groups is 1. The van der Waals surface area contributed by atoms with Crippen molar-refractivity contribution in [1.82, 2.24) is 10.3 Å². The molecule has 2 aromatic carbocycles. The van der Waals surface area contributed by atoms with Gasteiger partial charge in [-0.05, 0) is 17.2 Å². The molecule has 1 amide bonds. The molecule has 7 nitrogen and oxygen atoms in total. The second-order valence-corrected chi connectivity index (χ2v) is 5.61. The molecular formula is C18H17N3O4. The van der Waals surface area contributed by atoms with E-state index in [1.54, 1.807) is 25.3 Å². The van der Waals surface area contributed by atoms with E-state index in [-0.39, 0.29) is 11.6 Å². The number of nitrogens with zero attached hydrogens (tertiary/aromatic N) is 1. The lowest BCUT2D eigenvalue weighted by atomic mass is 10.1. The van der Waals surface area contributed by atoms with Crippen molar-refractivity contribution < 1.29 is 14.5 Å². The number of para-hydroxylation sites is 1. The molecule has 0 radical (unpaired) electrons. The van der Waals surface area contributed by atoms with E-state index >= 15 is 0 Å². The van der Waals surface area contributed by atoms with Crippen molar-refractivity contribution in [3.63, 3.8) is 0 Å². The fourth-order valence-corrected chi connectivity index (χ4v) is 2.61. The van der Waals surface area contributed by atoms with Gasteiger partial charge < -0.3 is 15.0 Å². The molecule has 0 saturated carbocycles. The summed E-state index contributed by atoms with van der Waals surface area (Å²) in [5.74, 6) is -0.313. The van der Waals surface area contributed by atoms with Crippen LogP contribution in [0.5, 0.6) is 0 Å². The molecule has 1 heterocycles. The summed E-state index contributed by atoms with van der Waals surface area (Å²) in [6.07, 6.45) is 0. The molecule has 7 heteroatoms. The zero-order chi connectivity index (χ0) is 17.8. The van der Waals surface area contributed by atoms with E-state index in [4.69, 9.17) is 4.74 Å². The molecule has 0 bridgehead atoms. The maximum atomic E-state index is 12.3. The summed E-state index contributed by atoms with van der Waals surface area (Å²) >= 11 is 0. The van der Waals surface area contributed by atoms with Gasteiger partial charge in [0.05, 0.1) is 11.5 Å². The number of fused-ring (bicyclic) bond motifs is 1. The van der Waals surface area contributed by atoms with Gasteiger partial charge in [0.2, 0.25) is 0 Å². The normalized spacial score (nSPS) is 10.8. The number of nitro benzene ring substituents is 1. The van der Waals surface area contributed by atoms with Crippen LogP contribution >= 0.6 is 0 Å². The van der Waals surface area contributed by atoms with Crippen LogP contribution in [0.1, 0.15) is 21.6 Å². The minimum Gasteiger partial charge on any atom is -0.380 e. The molecule has 0 aliphatic heterocycles. The minimum absolute atomic E-state index is 0.0507. The number of carbonyl (C=O) groups excluding carboxylic acids is 1. The Morgan fingerprint density at radius 2 is 1.92 bits per heavy atom.